The predicted molar refractivity (Wildman–Crippen MR) is 78.7 cm³/mol. The van der Waals surface area contributed by atoms with Crippen LogP contribution in [0.1, 0.15) is 84.0 Å². The Morgan fingerprint density at radius 2 is 1.00 bits per heavy atom. The number of hydrogen-bond acceptors (Lipinski definition) is 2. The molecule has 1 unspecified atom stereocenters. The highest BCUT2D eigenvalue weighted by Crippen LogP contribution is 2.13. The van der Waals surface area contributed by atoms with Crippen LogP contribution < -0.4 is 0 Å². The minimum Gasteiger partial charge on any atom is -0.396 e. The van der Waals surface area contributed by atoms with E-state index in [0.29, 0.717) is 19.1 Å². The Hall–Kier alpha value is -0.0800. The van der Waals surface area contributed by atoms with Gasteiger partial charge in [0.1, 0.15) is 0 Å². The van der Waals surface area contributed by atoms with Gasteiger partial charge < -0.3 is 10.2 Å². The second-order valence-corrected chi connectivity index (χ2v) is 5.69. The van der Waals surface area contributed by atoms with Crippen molar-refractivity contribution in [3.63, 3.8) is 0 Å². The average molecular weight is 258 g/mol. The van der Waals surface area contributed by atoms with Crippen LogP contribution >= 0.6 is 0 Å². The first-order valence-corrected chi connectivity index (χ1v) is 8.03. The lowest BCUT2D eigenvalue weighted by atomic mass is 10.0. The Balaban J connectivity index is 2.94. The van der Waals surface area contributed by atoms with Gasteiger partial charge in [0.15, 0.2) is 0 Å². The van der Waals surface area contributed by atoms with Crippen LogP contribution in [0.4, 0.5) is 0 Å². The van der Waals surface area contributed by atoms with E-state index >= 15 is 0 Å². The summed E-state index contributed by atoms with van der Waals surface area (Å²) in [5, 5.41) is 17.5. The molecule has 0 bridgehead atoms. The van der Waals surface area contributed by atoms with Crippen LogP contribution in [0, 0.1) is 5.92 Å². The molecule has 0 saturated heterocycles. The Morgan fingerprint density at radius 3 is 1.39 bits per heavy atom. The second kappa shape index (κ2) is 15.0. The summed E-state index contributed by atoms with van der Waals surface area (Å²) >= 11 is 0. The summed E-state index contributed by atoms with van der Waals surface area (Å²) in [6, 6.07) is 0. The molecule has 0 aliphatic heterocycles. The van der Waals surface area contributed by atoms with Crippen molar-refractivity contribution >= 4 is 0 Å². The molecule has 0 heterocycles. The van der Waals surface area contributed by atoms with Crippen molar-refractivity contribution < 1.29 is 10.2 Å². The van der Waals surface area contributed by atoms with E-state index in [0.717, 1.165) is 6.42 Å². The normalized spacial score (nSPS) is 12.8. The fraction of sp³-hybridized carbons (Fsp3) is 1.00. The zero-order chi connectivity index (χ0) is 13.5. The van der Waals surface area contributed by atoms with E-state index in [1.165, 1.54) is 70.6 Å². The van der Waals surface area contributed by atoms with Gasteiger partial charge in [-0.3, -0.25) is 0 Å². The van der Waals surface area contributed by atoms with Crippen molar-refractivity contribution in [2.45, 2.75) is 84.0 Å². The van der Waals surface area contributed by atoms with Crippen LogP contribution in [0.2, 0.25) is 0 Å². The standard InChI is InChI=1S/C16H34O2/c1-16(15-18)13-11-9-7-5-3-2-4-6-8-10-12-14-17/h16-18H,2-15H2,1H3. The number of unbranched alkanes of at least 4 members (excludes halogenated alkanes) is 10. The third-order valence-corrected chi connectivity index (χ3v) is 3.67. The van der Waals surface area contributed by atoms with Gasteiger partial charge >= 0.3 is 0 Å². The van der Waals surface area contributed by atoms with E-state index in [1.54, 1.807) is 0 Å². The molecule has 18 heavy (non-hydrogen) atoms. The Labute approximate surface area is 114 Å². The number of hydrogen-bond donors (Lipinski definition) is 2. The van der Waals surface area contributed by atoms with Gasteiger partial charge in [0.2, 0.25) is 0 Å². The van der Waals surface area contributed by atoms with Crippen LogP contribution in [-0.4, -0.2) is 23.4 Å². The van der Waals surface area contributed by atoms with Crippen molar-refractivity contribution in [2.75, 3.05) is 13.2 Å². The van der Waals surface area contributed by atoms with Gasteiger partial charge in [0, 0.05) is 13.2 Å². The maximum Gasteiger partial charge on any atom is 0.0456 e. The molecule has 0 saturated carbocycles. The SMILES string of the molecule is CC(CO)CCCCCCCCCCCCCO. The minimum absolute atomic E-state index is 0.344. The van der Waals surface area contributed by atoms with Gasteiger partial charge in [0.05, 0.1) is 0 Å². The monoisotopic (exact) mass is 258 g/mol. The van der Waals surface area contributed by atoms with E-state index in [-0.39, 0.29) is 0 Å². The number of aliphatic hydroxyl groups excluding tert-OH is 2. The van der Waals surface area contributed by atoms with E-state index in [9.17, 15) is 0 Å². The average Bonchev–Trinajstić information content (AvgIpc) is 2.39. The minimum atomic E-state index is 0.344. The molecule has 110 valence electrons. The molecule has 0 aliphatic rings. The summed E-state index contributed by atoms with van der Waals surface area (Å²) < 4.78 is 0. The van der Waals surface area contributed by atoms with Gasteiger partial charge in [0.25, 0.3) is 0 Å². The van der Waals surface area contributed by atoms with Crippen molar-refractivity contribution in [2.24, 2.45) is 5.92 Å². The summed E-state index contributed by atoms with van der Waals surface area (Å²) in [4.78, 5) is 0. The lowest BCUT2D eigenvalue weighted by molar-refractivity contribution is 0.227. The molecule has 1 atom stereocenters. The van der Waals surface area contributed by atoms with Crippen LogP contribution in [0.15, 0.2) is 0 Å². The largest absolute Gasteiger partial charge is 0.396 e. The van der Waals surface area contributed by atoms with Crippen LogP contribution in [0.25, 0.3) is 0 Å². The molecule has 0 aromatic rings. The Morgan fingerprint density at radius 1 is 0.611 bits per heavy atom. The number of rotatable bonds is 14. The molecule has 0 aromatic carbocycles. The molecule has 0 fully saturated rings. The molecule has 0 radical (unpaired) electrons. The molecule has 2 N–H and O–H groups in total. The van der Waals surface area contributed by atoms with Crippen molar-refractivity contribution in [3.8, 4) is 0 Å². The van der Waals surface area contributed by atoms with E-state index in [2.05, 4.69) is 6.92 Å². The topological polar surface area (TPSA) is 40.5 Å². The van der Waals surface area contributed by atoms with Gasteiger partial charge in [-0.25, -0.2) is 0 Å². The number of aliphatic hydroxyl groups is 2. The van der Waals surface area contributed by atoms with Gasteiger partial charge in [-0.05, 0) is 18.8 Å². The molecule has 0 amide bonds. The molecule has 2 nitrogen and oxygen atoms in total. The Kier molecular flexibility index (Phi) is 14.9. The molecule has 0 rings (SSSR count). The molecule has 0 aliphatic carbocycles. The van der Waals surface area contributed by atoms with Crippen molar-refractivity contribution in [3.05, 3.63) is 0 Å². The van der Waals surface area contributed by atoms with Gasteiger partial charge in [-0.2, -0.15) is 0 Å². The predicted octanol–water partition coefficient (Wildman–Crippen LogP) is 4.29. The van der Waals surface area contributed by atoms with Crippen molar-refractivity contribution in [1.82, 2.24) is 0 Å². The molecule has 0 spiro atoms. The lowest BCUT2D eigenvalue weighted by Gasteiger charge is -2.06. The second-order valence-electron chi connectivity index (χ2n) is 5.69. The first-order valence-electron chi connectivity index (χ1n) is 8.03. The fourth-order valence-corrected chi connectivity index (χ4v) is 2.29. The summed E-state index contributed by atoms with van der Waals surface area (Å²) in [7, 11) is 0. The molecule has 0 aromatic heterocycles. The quantitative estimate of drug-likeness (QED) is 0.456. The van der Waals surface area contributed by atoms with Crippen LogP contribution in [-0.2, 0) is 0 Å². The fourth-order valence-electron chi connectivity index (χ4n) is 2.29. The van der Waals surface area contributed by atoms with E-state index in [1.807, 2.05) is 0 Å². The molecular formula is C16H34O2. The smallest absolute Gasteiger partial charge is 0.0456 e. The Bertz CT molecular complexity index is 148. The summed E-state index contributed by atoms with van der Waals surface area (Å²) in [5.41, 5.74) is 0. The van der Waals surface area contributed by atoms with Gasteiger partial charge in [-0.1, -0.05) is 71.1 Å². The third-order valence-electron chi connectivity index (χ3n) is 3.67. The van der Waals surface area contributed by atoms with Crippen molar-refractivity contribution in [1.29, 1.82) is 0 Å². The zero-order valence-corrected chi connectivity index (χ0v) is 12.4. The summed E-state index contributed by atoms with van der Waals surface area (Å²) in [6.07, 6.45) is 15.5. The third kappa shape index (κ3) is 14.0. The van der Waals surface area contributed by atoms with Gasteiger partial charge in [-0.15, -0.1) is 0 Å². The molecule has 2 heteroatoms. The maximum atomic E-state index is 8.90. The first-order chi connectivity index (χ1) is 8.81. The maximum absolute atomic E-state index is 8.90. The highest BCUT2D eigenvalue weighted by molar-refractivity contribution is 4.52. The lowest BCUT2D eigenvalue weighted by Crippen LogP contribution is -1.99. The summed E-state index contributed by atoms with van der Waals surface area (Å²) in [5.74, 6) is 0.490. The summed E-state index contributed by atoms with van der Waals surface area (Å²) in [6.45, 7) is 2.82. The van der Waals surface area contributed by atoms with E-state index in [4.69, 9.17) is 10.2 Å². The zero-order valence-electron chi connectivity index (χ0n) is 12.4. The van der Waals surface area contributed by atoms with Crippen LogP contribution in [0.3, 0.4) is 0 Å². The molecular weight excluding hydrogens is 224 g/mol. The highest BCUT2D eigenvalue weighted by atomic mass is 16.3. The first kappa shape index (κ1) is 17.9. The highest BCUT2D eigenvalue weighted by Gasteiger charge is 1.99. The van der Waals surface area contributed by atoms with E-state index < -0.39 is 0 Å². The van der Waals surface area contributed by atoms with Crippen LogP contribution in [0.5, 0.6) is 0 Å².